The van der Waals surface area contributed by atoms with Gasteiger partial charge < -0.3 is 39.2 Å². The second-order valence-corrected chi connectivity index (χ2v) is 11.8. The smallest absolute Gasteiger partial charge is 0.353 e. The van der Waals surface area contributed by atoms with Gasteiger partial charge in [-0.3, -0.25) is 9.59 Å². The van der Waals surface area contributed by atoms with E-state index in [-0.39, 0.29) is 35.3 Å². The lowest BCUT2D eigenvalue weighted by Gasteiger charge is -2.61. The third-order valence-corrected chi connectivity index (χ3v) is 9.32. The number of carbonyl (C=O) groups is 4. The van der Waals surface area contributed by atoms with Crippen LogP contribution in [0.25, 0.3) is 0 Å². The number of ether oxygens (including phenoxy) is 4. The molecule has 232 valence electrons. The molecule has 44 heavy (non-hydrogen) atoms. The van der Waals surface area contributed by atoms with Gasteiger partial charge in [0.1, 0.15) is 5.76 Å². The number of carboxylic acid groups (broad SMARTS) is 1. The van der Waals surface area contributed by atoms with Crippen molar-refractivity contribution in [2.24, 2.45) is 0 Å². The summed E-state index contributed by atoms with van der Waals surface area (Å²) in [5.74, 6) is -3.64. The zero-order valence-electron chi connectivity index (χ0n) is 24.2. The Balaban J connectivity index is 1.16. The number of phenols is 1. The number of likely N-dealkylation sites (tertiary alicyclic amines) is 1. The van der Waals surface area contributed by atoms with Gasteiger partial charge in [0.25, 0.3) is 0 Å². The molecule has 2 aromatic rings. The number of hydrogen-bond donors (Lipinski definition) is 3. The van der Waals surface area contributed by atoms with Gasteiger partial charge in [-0.15, -0.1) is 0 Å². The van der Waals surface area contributed by atoms with Gasteiger partial charge in [0.2, 0.25) is 6.10 Å². The number of phenolic OH excluding ortho intramolecular Hbond substituents is 1. The highest BCUT2D eigenvalue weighted by atomic mass is 16.6. The van der Waals surface area contributed by atoms with Crippen LogP contribution < -0.4 is 4.74 Å². The molecule has 1 spiro atoms. The van der Waals surface area contributed by atoms with Crippen LogP contribution in [-0.4, -0.2) is 81.5 Å². The van der Waals surface area contributed by atoms with Crippen LogP contribution in [0.3, 0.4) is 0 Å². The fourth-order valence-corrected chi connectivity index (χ4v) is 7.18. The first-order chi connectivity index (χ1) is 21.0. The maximum atomic E-state index is 13.0. The zero-order chi connectivity index (χ0) is 31.4. The predicted octanol–water partition coefficient (Wildman–Crippen LogP) is 2.29. The molecule has 6 rings (SSSR count). The average Bonchev–Trinajstić information content (AvgIpc) is 3.36. The monoisotopic (exact) mass is 607 g/mol. The van der Waals surface area contributed by atoms with Gasteiger partial charge in [-0.05, 0) is 51.1 Å². The Hall–Kier alpha value is -4.42. The standard InChI is InChI=1S/C32H33NO11/c1-17(29(37)38)41-30(39)26(18-6-4-3-5-7-18)43-24(36)11-10-23(35)42-21-12-13-32(40)22-16-19-8-9-20(34)27-25(19)31(32,28(21)44-27)14-15-33(22)2/h3-9,12,17,22,26,28,34,40H,10-11,13-16H2,1-2H3,(H,37,38)/t17-,22+,26-,28-,31-,32+/m0/s1. The second kappa shape index (κ2) is 10.9. The molecule has 2 aromatic carbocycles. The van der Waals surface area contributed by atoms with Crippen LogP contribution in [-0.2, 0) is 45.2 Å². The molecule has 3 N–H and O–H groups in total. The van der Waals surface area contributed by atoms with Gasteiger partial charge in [-0.25, -0.2) is 9.59 Å². The van der Waals surface area contributed by atoms with Crippen LogP contribution in [0, 0.1) is 0 Å². The fraction of sp³-hybridized carbons (Fsp3) is 0.438. The molecule has 2 aliphatic heterocycles. The number of aliphatic carboxylic acids is 1. The summed E-state index contributed by atoms with van der Waals surface area (Å²) >= 11 is 0. The lowest BCUT2D eigenvalue weighted by atomic mass is 9.50. The minimum absolute atomic E-state index is 0.0510. The third kappa shape index (κ3) is 4.60. The number of aromatic hydroxyl groups is 1. The van der Waals surface area contributed by atoms with Crippen molar-refractivity contribution in [1.82, 2.24) is 4.90 Å². The summed E-state index contributed by atoms with van der Waals surface area (Å²) in [5, 5.41) is 31.9. The Kier molecular flexibility index (Phi) is 7.37. The number of nitrogens with zero attached hydrogens (tertiary/aromatic N) is 1. The van der Waals surface area contributed by atoms with E-state index >= 15 is 0 Å². The Bertz CT molecular complexity index is 1550. The van der Waals surface area contributed by atoms with E-state index in [1.807, 2.05) is 13.1 Å². The quantitative estimate of drug-likeness (QED) is 0.281. The number of carbonyl (C=O) groups excluding carboxylic acids is 3. The van der Waals surface area contributed by atoms with Crippen molar-refractivity contribution < 1.29 is 53.4 Å². The molecular weight excluding hydrogens is 574 g/mol. The lowest BCUT2D eigenvalue weighted by molar-refractivity contribution is -0.177. The maximum Gasteiger partial charge on any atom is 0.353 e. The third-order valence-electron chi connectivity index (χ3n) is 9.32. The van der Waals surface area contributed by atoms with Crippen LogP contribution in [0.5, 0.6) is 11.5 Å². The number of hydrogen-bond acceptors (Lipinski definition) is 11. The van der Waals surface area contributed by atoms with Crippen molar-refractivity contribution in [2.45, 2.75) is 74.4 Å². The number of esters is 3. The first-order valence-corrected chi connectivity index (χ1v) is 14.5. The zero-order valence-corrected chi connectivity index (χ0v) is 24.2. The molecule has 6 atom stereocenters. The first kappa shape index (κ1) is 29.6. The van der Waals surface area contributed by atoms with Crippen molar-refractivity contribution >= 4 is 23.9 Å². The number of likely N-dealkylation sites (N-methyl/N-ethyl adjacent to an activating group) is 1. The Morgan fingerprint density at radius 3 is 2.52 bits per heavy atom. The number of rotatable bonds is 9. The number of carboxylic acids is 1. The van der Waals surface area contributed by atoms with E-state index in [4.69, 9.17) is 24.1 Å². The van der Waals surface area contributed by atoms with Crippen LogP contribution in [0.4, 0.5) is 0 Å². The molecule has 0 saturated carbocycles. The van der Waals surface area contributed by atoms with Crippen LogP contribution >= 0.6 is 0 Å². The van der Waals surface area contributed by atoms with Crippen molar-refractivity contribution in [3.63, 3.8) is 0 Å². The maximum absolute atomic E-state index is 13.0. The first-order valence-electron chi connectivity index (χ1n) is 14.5. The highest BCUT2D eigenvalue weighted by Crippen LogP contribution is 2.65. The van der Waals surface area contributed by atoms with E-state index < -0.39 is 66.0 Å². The molecule has 1 saturated heterocycles. The highest BCUT2D eigenvalue weighted by molar-refractivity contribution is 5.84. The Morgan fingerprint density at radius 2 is 1.80 bits per heavy atom. The molecule has 0 unspecified atom stereocenters. The summed E-state index contributed by atoms with van der Waals surface area (Å²) in [6, 6.07) is 11.2. The summed E-state index contributed by atoms with van der Waals surface area (Å²) in [6.45, 7) is 1.85. The van der Waals surface area contributed by atoms with Gasteiger partial charge in [0, 0.05) is 23.6 Å². The molecule has 12 nitrogen and oxygen atoms in total. The molecule has 0 radical (unpaired) electrons. The molecule has 2 aliphatic carbocycles. The van der Waals surface area contributed by atoms with E-state index in [0.29, 0.717) is 19.4 Å². The van der Waals surface area contributed by atoms with E-state index in [9.17, 15) is 29.4 Å². The summed E-state index contributed by atoms with van der Waals surface area (Å²) in [5.41, 5.74) is -0.132. The van der Waals surface area contributed by atoms with Gasteiger partial charge in [-0.2, -0.15) is 0 Å². The van der Waals surface area contributed by atoms with Crippen molar-refractivity contribution in [3.8, 4) is 11.5 Å². The van der Waals surface area contributed by atoms with Gasteiger partial charge in [-0.1, -0.05) is 36.4 Å². The number of benzene rings is 2. The van der Waals surface area contributed by atoms with E-state index in [0.717, 1.165) is 11.1 Å². The van der Waals surface area contributed by atoms with Crippen LogP contribution in [0.15, 0.2) is 54.3 Å². The Labute approximate surface area is 252 Å². The lowest BCUT2D eigenvalue weighted by Crippen LogP contribution is -2.74. The molecule has 1 fully saturated rings. The number of piperidine rings is 1. The molecular formula is C32H33NO11. The highest BCUT2D eigenvalue weighted by Gasteiger charge is 2.72. The minimum Gasteiger partial charge on any atom is -0.504 e. The molecule has 0 amide bonds. The van der Waals surface area contributed by atoms with Crippen molar-refractivity contribution in [2.75, 3.05) is 13.6 Å². The summed E-state index contributed by atoms with van der Waals surface area (Å²) in [6.07, 6.45) is -1.73. The topological polar surface area (TPSA) is 169 Å². The molecule has 4 aliphatic rings. The van der Waals surface area contributed by atoms with E-state index in [2.05, 4.69) is 4.90 Å². The van der Waals surface area contributed by atoms with Crippen LogP contribution in [0.2, 0.25) is 0 Å². The van der Waals surface area contributed by atoms with Crippen molar-refractivity contribution in [1.29, 1.82) is 0 Å². The predicted molar refractivity (Wildman–Crippen MR) is 150 cm³/mol. The number of aliphatic hydroxyl groups is 1. The van der Waals surface area contributed by atoms with Gasteiger partial charge >= 0.3 is 23.9 Å². The van der Waals surface area contributed by atoms with E-state index in [1.165, 1.54) is 19.1 Å². The van der Waals surface area contributed by atoms with E-state index in [1.54, 1.807) is 30.3 Å². The summed E-state index contributed by atoms with van der Waals surface area (Å²) < 4.78 is 22.3. The minimum atomic E-state index is -1.53. The normalized spacial score (nSPS) is 27.6. The molecule has 2 bridgehead atoms. The average molecular weight is 608 g/mol. The largest absolute Gasteiger partial charge is 0.504 e. The van der Waals surface area contributed by atoms with Gasteiger partial charge in [0.15, 0.2) is 23.7 Å². The molecule has 2 heterocycles. The van der Waals surface area contributed by atoms with Crippen molar-refractivity contribution in [3.05, 3.63) is 71.0 Å². The fourth-order valence-electron chi connectivity index (χ4n) is 7.18. The Morgan fingerprint density at radius 1 is 1.07 bits per heavy atom. The summed E-state index contributed by atoms with van der Waals surface area (Å²) in [4.78, 5) is 51.8. The second-order valence-electron chi connectivity index (χ2n) is 11.8. The SMILES string of the molecule is C[C@H](OC(=O)[C@@H](OC(=O)CCC(=O)OC1=CC[C@@]2(O)[C@H]3Cc4ccc(O)c5c4[C@@]2(CCN3C)[C@H]1O5)c1ccccc1)C(=O)O. The molecule has 12 heteroatoms. The van der Waals surface area contributed by atoms with Gasteiger partial charge in [0.05, 0.1) is 23.9 Å². The summed E-state index contributed by atoms with van der Waals surface area (Å²) in [7, 11) is 1.97. The van der Waals surface area contributed by atoms with Crippen LogP contribution in [0.1, 0.15) is 55.4 Å². The molecule has 0 aromatic heterocycles.